The van der Waals surface area contributed by atoms with E-state index in [2.05, 4.69) is 34.5 Å². The summed E-state index contributed by atoms with van der Waals surface area (Å²) in [4.78, 5) is 6.76. The number of nitrogens with zero attached hydrogens (tertiary/aromatic N) is 2. The first-order valence-corrected chi connectivity index (χ1v) is 8.96. The molecule has 140 valence electrons. The minimum Gasteiger partial charge on any atom is -0.356 e. The summed E-state index contributed by atoms with van der Waals surface area (Å²) < 4.78 is 13.5. The van der Waals surface area contributed by atoms with Gasteiger partial charge < -0.3 is 10.6 Å². The largest absolute Gasteiger partial charge is 0.356 e. The van der Waals surface area contributed by atoms with Crippen LogP contribution in [0, 0.1) is 5.82 Å². The summed E-state index contributed by atoms with van der Waals surface area (Å²) in [5.74, 6) is 0.673. The number of nitrogens with one attached hydrogen (secondary N) is 2. The molecule has 1 unspecified atom stereocenters. The highest BCUT2D eigenvalue weighted by atomic mass is 127. The lowest BCUT2D eigenvalue weighted by Crippen LogP contribution is -2.47. The molecule has 2 aliphatic rings. The zero-order valence-corrected chi connectivity index (χ0v) is 17.7. The molecule has 2 fully saturated rings. The van der Waals surface area contributed by atoms with E-state index in [0.29, 0.717) is 6.04 Å². The van der Waals surface area contributed by atoms with E-state index in [0.717, 1.165) is 43.5 Å². The Hall–Kier alpha value is -0.890. The number of hydrogen-bond donors (Lipinski definition) is 2. The average Bonchev–Trinajstić information content (AvgIpc) is 3.48. The average molecular weight is 460 g/mol. The third-order valence-corrected chi connectivity index (χ3v) is 5.49. The van der Waals surface area contributed by atoms with E-state index in [-0.39, 0.29) is 35.2 Å². The van der Waals surface area contributed by atoms with Crippen LogP contribution in [0.25, 0.3) is 0 Å². The Morgan fingerprint density at radius 2 is 2.08 bits per heavy atom. The summed E-state index contributed by atoms with van der Waals surface area (Å²) in [6.45, 7) is 3.91. The molecular weight excluding hydrogens is 430 g/mol. The SMILES string of the molecule is CN=C(NCC(C)N(C)C1CC1)NCC1(c2cccc(F)c2)CC1.I. The van der Waals surface area contributed by atoms with Gasteiger partial charge in [-0.15, -0.1) is 24.0 Å². The first-order chi connectivity index (χ1) is 11.5. The van der Waals surface area contributed by atoms with Crippen molar-refractivity contribution in [3.05, 3.63) is 35.6 Å². The summed E-state index contributed by atoms with van der Waals surface area (Å²) in [5, 5.41) is 6.85. The van der Waals surface area contributed by atoms with Crippen molar-refractivity contribution in [1.29, 1.82) is 0 Å². The molecule has 2 saturated carbocycles. The molecule has 25 heavy (non-hydrogen) atoms. The Bertz CT molecular complexity index is 599. The van der Waals surface area contributed by atoms with Gasteiger partial charge in [-0.25, -0.2) is 4.39 Å². The van der Waals surface area contributed by atoms with Crippen LogP contribution in [-0.2, 0) is 5.41 Å². The highest BCUT2D eigenvalue weighted by Crippen LogP contribution is 2.47. The van der Waals surface area contributed by atoms with Crippen LogP contribution in [0.15, 0.2) is 29.3 Å². The van der Waals surface area contributed by atoms with Gasteiger partial charge in [0, 0.05) is 37.6 Å². The lowest BCUT2D eigenvalue weighted by molar-refractivity contribution is 0.247. The number of aliphatic imine (C=N–C) groups is 1. The molecule has 0 bridgehead atoms. The summed E-state index contributed by atoms with van der Waals surface area (Å²) in [6.07, 6.45) is 4.84. The molecule has 0 amide bonds. The van der Waals surface area contributed by atoms with Gasteiger partial charge in [0.05, 0.1) is 0 Å². The van der Waals surface area contributed by atoms with Crippen molar-refractivity contribution in [2.45, 2.75) is 50.1 Å². The van der Waals surface area contributed by atoms with Gasteiger partial charge in [0.15, 0.2) is 5.96 Å². The molecule has 0 heterocycles. The third-order valence-electron chi connectivity index (χ3n) is 5.49. The van der Waals surface area contributed by atoms with Crippen LogP contribution in [0.5, 0.6) is 0 Å². The van der Waals surface area contributed by atoms with Crippen molar-refractivity contribution in [3.63, 3.8) is 0 Å². The van der Waals surface area contributed by atoms with Crippen LogP contribution in [0.3, 0.4) is 0 Å². The number of halogens is 2. The molecule has 0 aromatic heterocycles. The fraction of sp³-hybridized carbons (Fsp3) is 0.632. The monoisotopic (exact) mass is 460 g/mol. The number of benzene rings is 1. The molecule has 0 radical (unpaired) electrons. The molecule has 4 nitrogen and oxygen atoms in total. The van der Waals surface area contributed by atoms with Gasteiger partial charge in [-0.2, -0.15) is 0 Å². The second kappa shape index (κ2) is 8.66. The zero-order chi connectivity index (χ0) is 17.2. The zero-order valence-electron chi connectivity index (χ0n) is 15.4. The van der Waals surface area contributed by atoms with Crippen molar-refractivity contribution < 1.29 is 4.39 Å². The van der Waals surface area contributed by atoms with Crippen LogP contribution in [-0.4, -0.2) is 50.1 Å². The van der Waals surface area contributed by atoms with E-state index in [1.807, 2.05) is 6.07 Å². The smallest absolute Gasteiger partial charge is 0.191 e. The van der Waals surface area contributed by atoms with E-state index in [1.54, 1.807) is 19.2 Å². The Morgan fingerprint density at radius 3 is 2.64 bits per heavy atom. The molecule has 0 spiro atoms. The lowest BCUT2D eigenvalue weighted by atomic mass is 9.96. The minimum atomic E-state index is -0.154. The third kappa shape index (κ3) is 5.29. The van der Waals surface area contributed by atoms with Crippen LogP contribution < -0.4 is 10.6 Å². The Morgan fingerprint density at radius 1 is 1.36 bits per heavy atom. The van der Waals surface area contributed by atoms with Crippen LogP contribution in [0.2, 0.25) is 0 Å². The summed E-state index contributed by atoms with van der Waals surface area (Å²) in [6, 6.07) is 8.24. The standard InChI is InChI=1S/C19H29FN4.HI/c1-14(24(3)17-7-8-17)12-22-18(21-2)23-13-19(9-10-19)15-5-4-6-16(20)11-15;/h4-6,11,14,17H,7-10,12-13H2,1-3H3,(H2,21,22,23);1H. The molecule has 1 aromatic carbocycles. The van der Waals surface area contributed by atoms with Gasteiger partial charge in [-0.3, -0.25) is 9.89 Å². The van der Waals surface area contributed by atoms with E-state index >= 15 is 0 Å². The predicted molar refractivity (Wildman–Crippen MR) is 112 cm³/mol. The molecule has 6 heteroatoms. The Labute approximate surface area is 167 Å². The Balaban J connectivity index is 0.00000225. The summed E-state index contributed by atoms with van der Waals surface area (Å²) >= 11 is 0. The first kappa shape index (κ1) is 20.4. The van der Waals surface area contributed by atoms with E-state index < -0.39 is 0 Å². The van der Waals surface area contributed by atoms with Crippen molar-refractivity contribution in [2.24, 2.45) is 4.99 Å². The topological polar surface area (TPSA) is 39.7 Å². The van der Waals surface area contributed by atoms with Gasteiger partial charge >= 0.3 is 0 Å². The summed E-state index contributed by atoms with van der Waals surface area (Å²) in [5.41, 5.74) is 1.16. The summed E-state index contributed by atoms with van der Waals surface area (Å²) in [7, 11) is 4.00. The number of hydrogen-bond acceptors (Lipinski definition) is 2. The predicted octanol–water partition coefficient (Wildman–Crippen LogP) is 3.12. The van der Waals surface area contributed by atoms with Crippen molar-refractivity contribution in [3.8, 4) is 0 Å². The second-order valence-corrected chi connectivity index (χ2v) is 7.34. The molecule has 1 aromatic rings. The van der Waals surface area contributed by atoms with E-state index in [9.17, 15) is 4.39 Å². The fourth-order valence-corrected chi connectivity index (χ4v) is 3.24. The van der Waals surface area contributed by atoms with Crippen LogP contribution in [0.4, 0.5) is 4.39 Å². The lowest BCUT2D eigenvalue weighted by Gasteiger charge is -2.26. The van der Waals surface area contributed by atoms with Crippen molar-refractivity contribution >= 4 is 29.9 Å². The molecule has 0 aliphatic heterocycles. The molecule has 2 N–H and O–H groups in total. The maximum atomic E-state index is 13.5. The fourth-order valence-electron chi connectivity index (χ4n) is 3.24. The molecule has 0 saturated heterocycles. The molecule has 1 atom stereocenters. The maximum Gasteiger partial charge on any atom is 0.191 e. The first-order valence-electron chi connectivity index (χ1n) is 8.96. The molecular formula is C19H30FIN4. The van der Waals surface area contributed by atoms with Gasteiger partial charge in [-0.1, -0.05) is 12.1 Å². The number of likely N-dealkylation sites (N-methyl/N-ethyl adjacent to an activating group) is 1. The molecule has 2 aliphatic carbocycles. The highest BCUT2D eigenvalue weighted by molar-refractivity contribution is 14.0. The van der Waals surface area contributed by atoms with Crippen LogP contribution >= 0.6 is 24.0 Å². The minimum absolute atomic E-state index is 0. The van der Waals surface area contributed by atoms with E-state index in [4.69, 9.17) is 0 Å². The maximum absolute atomic E-state index is 13.5. The van der Waals surface area contributed by atoms with Gasteiger partial charge in [0.1, 0.15) is 5.82 Å². The quantitative estimate of drug-likeness (QED) is 0.373. The van der Waals surface area contributed by atoms with Gasteiger partial charge in [0.2, 0.25) is 0 Å². The Kier molecular flexibility index (Phi) is 7.08. The van der Waals surface area contributed by atoms with Crippen molar-refractivity contribution in [2.75, 3.05) is 27.2 Å². The molecule has 3 rings (SSSR count). The second-order valence-electron chi connectivity index (χ2n) is 7.34. The van der Waals surface area contributed by atoms with Crippen LogP contribution in [0.1, 0.15) is 38.2 Å². The van der Waals surface area contributed by atoms with E-state index in [1.165, 1.54) is 18.9 Å². The highest BCUT2D eigenvalue weighted by Gasteiger charge is 2.44. The van der Waals surface area contributed by atoms with Gasteiger partial charge in [-0.05, 0) is 57.4 Å². The number of rotatable bonds is 7. The van der Waals surface area contributed by atoms with Crippen molar-refractivity contribution in [1.82, 2.24) is 15.5 Å². The normalized spacial score (nSPS) is 20.0. The number of guanidine groups is 1. The van der Waals surface area contributed by atoms with Gasteiger partial charge in [0.25, 0.3) is 0 Å².